The fourth-order valence-electron chi connectivity index (χ4n) is 1.16. The molecule has 0 heterocycles. The Balaban J connectivity index is 3.14. The van der Waals surface area contributed by atoms with Crippen molar-refractivity contribution >= 4 is 6.21 Å². The fourth-order valence-corrected chi connectivity index (χ4v) is 1.16. The summed E-state index contributed by atoms with van der Waals surface area (Å²) in [7, 11) is 0. The van der Waals surface area contributed by atoms with Crippen molar-refractivity contribution in [2.75, 3.05) is 0 Å². The van der Waals surface area contributed by atoms with Crippen molar-refractivity contribution in [1.29, 1.82) is 5.26 Å². The van der Waals surface area contributed by atoms with Crippen LogP contribution in [0, 0.1) is 11.3 Å². The number of nitrogens with zero attached hydrogens (tertiary/aromatic N) is 2. The van der Waals surface area contributed by atoms with Crippen LogP contribution in [0.3, 0.4) is 0 Å². The first kappa shape index (κ1) is 9.27. The van der Waals surface area contributed by atoms with Crippen molar-refractivity contribution in [2.45, 2.75) is 13.3 Å². The van der Waals surface area contributed by atoms with Crippen molar-refractivity contribution < 1.29 is 5.21 Å². The Morgan fingerprint density at radius 3 is 2.92 bits per heavy atom. The molecule has 1 N–H and O–H groups in total. The molecule has 0 aliphatic carbocycles. The molecule has 0 radical (unpaired) electrons. The maximum atomic E-state index is 8.74. The molecular weight excluding hydrogens is 164 g/mol. The molecular formula is C10H10N2O. The van der Waals surface area contributed by atoms with Gasteiger partial charge in [0.05, 0.1) is 17.8 Å². The van der Waals surface area contributed by atoms with E-state index in [2.05, 4.69) is 11.2 Å². The molecule has 0 amide bonds. The quantitative estimate of drug-likeness (QED) is 0.423. The molecule has 1 aromatic rings. The van der Waals surface area contributed by atoms with E-state index in [-0.39, 0.29) is 0 Å². The van der Waals surface area contributed by atoms with Crippen LogP contribution in [0.15, 0.2) is 23.4 Å². The first-order valence-electron chi connectivity index (χ1n) is 4.02. The highest BCUT2D eigenvalue weighted by Gasteiger charge is 1.99. The smallest absolute Gasteiger partial charge is 0.0994 e. The SMILES string of the molecule is CCc1cc(C=NO)ccc1C#N. The molecule has 13 heavy (non-hydrogen) atoms. The van der Waals surface area contributed by atoms with Gasteiger partial charge in [-0.25, -0.2) is 0 Å². The third kappa shape index (κ3) is 2.06. The van der Waals surface area contributed by atoms with Gasteiger partial charge in [-0.3, -0.25) is 0 Å². The first-order chi connectivity index (χ1) is 6.31. The Labute approximate surface area is 76.9 Å². The second-order valence-corrected chi connectivity index (χ2v) is 2.63. The summed E-state index contributed by atoms with van der Waals surface area (Å²) in [6.45, 7) is 1.98. The Morgan fingerprint density at radius 2 is 2.38 bits per heavy atom. The number of rotatable bonds is 2. The van der Waals surface area contributed by atoms with E-state index < -0.39 is 0 Å². The molecule has 0 aromatic heterocycles. The molecule has 0 spiro atoms. The van der Waals surface area contributed by atoms with Gasteiger partial charge < -0.3 is 5.21 Å². The Morgan fingerprint density at radius 1 is 1.62 bits per heavy atom. The first-order valence-corrected chi connectivity index (χ1v) is 4.02. The predicted octanol–water partition coefficient (Wildman–Crippen LogP) is 1.93. The molecule has 0 saturated carbocycles. The van der Waals surface area contributed by atoms with Crippen LogP contribution in [0.1, 0.15) is 23.6 Å². The summed E-state index contributed by atoms with van der Waals surface area (Å²) in [6.07, 6.45) is 2.15. The number of oxime groups is 1. The molecule has 66 valence electrons. The molecule has 3 heteroatoms. The minimum atomic E-state index is 0.678. The summed E-state index contributed by atoms with van der Waals surface area (Å²) in [5.74, 6) is 0. The third-order valence-corrected chi connectivity index (χ3v) is 1.84. The Kier molecular flexibility index (Phi) is 3.04. The van der Waals surface area contributed by atoms with Crippen molar-refractivity contribution in [1.82, 2.24) is 0 Å². The zero-order chi connectivity index (χ0) is 9.68. The summed E-state index contributed by atoms with van der Waals surface area (Å²) < 4.78 is 0. The molecule has 3 nitrogen and oxygen atoms in total. The summed E-state index contributed by atoms with van der Waals surface area (Å²) in [6, 6.07) is 7.43. The van der Waals surface area contributed by atoms with Crippen LogP contribution in [0.25, 0.3) is 0 Å². The van der Waals surface area contributed by atoms with E-state index in [1.54, 1.807) is 12.1 Å². The highest BCUT2D eigenvalue weighted by Crippen LogP contribution is 2.10. The minimum Gasteiger partial charge on any atom is -0.411 e. The maximum Gasteiger partial charge on any atom is 0.0994 e. The Hall–Kier alpha value is -1.82. The van der Waals surface area contributed by atoms with Crippen LogP contribution in [-0.4, -0.2) is 11.4 Å². The summed E-state index contributed by atoms with van der Waals surface area (Å²) in [4.78, 5) is 0. The highest BCUT2D eigenvalue weighted by atomic mass is 16.4. The number of benzene rings is 1. The second kappa shape index (κ2) is 4.27. The van der Waals surface area contributed by atoms with Crippen LogP contribution in [0.2, 0.25) is 0 Å². The van der Waals surface area contributed by atoms with Gasteiger partial charge in [0.2, 0.25) is 0 Å². The average Bonchev–Trinajstić information content (AvgIpc) is 2.18. The van der Waals surface area contributed by atoms with Crippen molar-refractivity contribution in [3.8, 4) is 6.07 Å². The normalized spacial score (nSPS) is 10.2. The van der Waals surface area contributed by atoms with Gasteiger partial charge in [-0.05, 0) is 29.7 Å². The highest BCUT2D eigenvalue weighted by molar-refractivity contribution is 5.79. The lowest BCUT2D eigenvalue weighted by Crippen LogP contribution is -1.90. The molecule has 0 unspecified atom stereocenters. The zero-order valence-electron chi connectivity index (χ0n) is 7.36. The van der Waals surface area contributed by atoms with Crippen LogP contribution in [0.5, 0.6) is 0 Å². The lowest BCUT2D eigenvalue weighted by atomic mass is 10.0. The van der Waals surface area contributed by atoms with Crippen LogP contribution in [-0.2, 0) is 6.42 Å². The summed E-state index contributed by atoms with van der Waals surface area (Å²) in [5, 5.41) is 20.0. The van der Waals surface area contributed by atoms with Crippen molar-refractivity contribution in [3.63, 3.8) is 0 Å². The lowest BCUT2D eigenvalue weighted by Gasteiger charge is -2.00. The van der Waals surface area contributed by atoms with Crippen molar-refractivity contribution in [2.24, 2.45) is 5.16 Å². The molecule has 1 aromatic carbocycles. The third-order valence-electron chi connectivity index (χ3n) is 1.84. The standard InChI is InChI=1S/C10H10N2O/c1-2-9-5-8(7-12-13)3-4-10(9)6-11/h3-5,7,13H,2H2,1H3. The van der Waals surface area contributed by atoms with Gasteiger partial charge in [0.25, 0.3) is 0 Å². The Bertz CT molecular complexity index is 364. The van der Waals surface area contributed by atoms with E-state index in [1.807, 2.05) is 13.0 Å². The van der Waals surface area contributed by atoms with E-state index in [1.165, 1.54) is 6.21 Å². The van der Waals surface area contributed by atoms with Gasteiger partial charge in [-0.2, -0.15) is 5.26 Å². The van der Waals surface area contributed by atoms with E-state index >= 15 is 0 Å². The molecule has 0 aliphatic rings. The molecule has 1 rings (SSSR count). The molecule has 0 aliphatic heterocycles. The van der Waals surface area contributed by atoms with Gasteiger partial charge in [0, 0.05) is 0 Å². The molecule has 0 saturated heterocycles. The summed E-state index contributed by atoms with van der Waals surface area (Å²) >= 11 is 0. The van der Waals surface area contributed by atoms with Gasteiger partial charge >= 0.3 is 0 Å². The number of aryl methyl sites for hydroxylation is 1. The van der Waals surface area contributed by atoms with Gasteiger partial charge in [-0.15, -0.1) is 0 Å². The van der Waals surface area contributed by atoms with E-state index in [4.69, 9.17) is 10.5 Å². The summed E-state index contributed by atoms with van der Waals surface area (Å²) in [5.41, 5.74) is 2.45. The topological polar surface area (TPSA) is 56.4 Å². The molecule has 0 atom stereocenters. The number of hydrogen-bond acceptors (Lipinski definition) is 3. The average molecular weight is 174 g/mol. The predicted molar refractivity (Wildman–Crippen MR) is 49.9 cm³/mol. The number of hydrogen-bond donors (Lipinski definition) is 1. The van der Waals surface area contributed by atoms with E-state index in [0.29, 0.717) is 5.56 Å². The van der Waals surface area contributed by atoms with Crippen molar-refractivity contribution in [3.05, 3.63) is 34.9 Å². The molecule has 0 fully saturated rings. The lowest BCUT2D eigenvalue weighted by molar-refractivity contribution is 0.322. The van der Waals surface area contributed by atoms with Gasteiger partial charge in [0.1, 0.15) is 0 Å². The second-order valence-electron chi connectivity index (χ2n) is 2.63. The van der Waals surface area contributed by atoms with Gasteiger partial charge in [-0.1, -0.05) is 18.1 Å². The van der Waals surface area contributed by atoms with Crippen LogP contribution in [0.4, 0.5) is 0 Å². The fraction of sp³-hybridized carbons (Fsp3) is 0.200. The van der Waals surface area contributed by atoms with Crippen LogP contribution < -0.4 is 0 Å². The minimum absolute atomic E-state index is 0.678. The number of nitriles is 1. The van der Waals surface area contributed by atoms with E-state index in [9.17, 15) is 0 Å². The van der Waals surface area contributed by atoms with E-state index in [0.717, 1.165) is 17.5 Å². The van der Waals surface area contributed by atoms with Crippen LogP contribution >= 0.6 is 0 Å². The van der Waals surface area contributed by atoms with Gasteiger partial charge in [0.15, 0.2) is 0 Å². The largest absolute Gasteiger partial charge is 0.411 e. The maximum absolute atomic E-state index is 8.74. The zero-order valence-corrected chi connectivity index (χ0v) is 7.36. The monoisotopic (exact) mass is 174 g/mol. The molecule has 0 bridgehead atoms.